The van der Waals surface area contributed by atoms with Crippen LogP contribution in [0.25, 0.3) is 21.9 Å². The van der Waals surface area contributed by atoms with Gasteiger partial charge in [0, 0.05) is 11.1 Å². The van der Waals surface area contributed by atoms with Gasteiger partial charge in [0.25, 0.3) is 11.5 Å². The lowest BCUT2D eigenvalue weighted by Crippen LogP contribution is -2.35. The van der Waals surface area contributed by atoms with Crippen LogP contribution in [0.3, 0.4) is 0 Å². The zero-order valence-corrected chi connectivity index (χ0v) is 18.3. The number of amides is 1. The number of nitrogens with zero attached hydrogens (tertiary/aromatic N) is 4. The number of ether oxygens (including phenoxy) is 1. The maximum Gasteiger partial charge on any atom is 0.323 e. The zero-order valence-electron chi connectivity index (χ0n) is 17.5. The summed E-state index contributed by atoms with van der Waals surface area (Å²) in [5.41, 5.74) is 1.43. The van der Waals surface area contributed by atoms with Gasteiger partial charge in [-0.2, -0.15) is 9.50 Å². The average molecular weight is 462 g/mol. The number of aromatic nitrogens is 3. The fourth-order valence-corrected chi connectivity index (χ4v) is 4.72. The van der Waals surface area contributed by atoms with Crippen molar-refractivity contribution in [2.24, 2.45) is 0 Å². The third-order valence-electron chi connectivity index (χ3n) is 5.19. The number of carboxylic acid groups (broad SMARTS) is 1. The van der Waals surface area contributed by atoms with Crippen LogP contribution in [0.5, 0.6) is 5.75 Å². The smallest absolute Gasteiger partial charge is 0.323 e. The number of carbonyl (C=O) groups is 2. The third kappa shape index (κ3) is 3.54. The number of benzene rings is 2. The summed E-state index contributed by atoms with van der Waals surface area (Å²) < 4.78 is 6.95. The van der Waals surface area contributed by atoms with Gasteiger partial charge in [-0.25, -0.2) is 0 Å². The maximum atomic E-state index is 13.2. The Morgan fingerprint density at radius 2 is 1.88 bits per heavy atom. The summed E-state index contributed by atoms with van der Waals surface area (Å²) in [6.07, 6.45) is 0.912. The molecule has 0 fully saturated rings. The van der Waals surface area contributed by atoms with Gasteiger partial charge in [0.05, 0.1) is 17.9 Å². The Labute approximate surface area is 191 Å². The van der Waals surface area contributed by atoms with Crippen LogP contribution in [0.15, 0.2) is 53.3 Å². The molecule has 1 amide bonds. The lowest BCUT2D eigenvalue weighted by molar-refractivity contribution is -0.136. The van der Waals surface area contributed by atoms with Crippen molar-refractivity contribution in [3.8, 4) is 17.1 Å². The van der Waals surface area contributed by atoms with Crippen molar-refractivity contribution in [1.29, 1.82) is 0 Å². The lowest BCUT2D eigenvalue weighted by atomic mass is 10.1. The second-order valence-corrected chi connectivity index (χ2v) is 8.39. The van der Waals surface area contributed by atoms with E-state index in [1.54, 1.807) is 24.3 Å². The minimum atomic E-state index is -1.14. The molecular weight excluding hydrogens is 444 g/mol. The first-order valence-corrected chi connectivity index (χ1v) is 11.1. The molecule has 0 radical (unpaired) electrons. The zero-order chi connectivity index (χ0) is 23.1. The molecule has 0 atom stereocenters. The molecule has 4 aromatic rings. The van der Waals surface area contributed by atoms with Gasteiger partial charge in [-0.3, -0.25) is 19.3 Å². The first-order chi connectivity index (χ1) is 16.0. The van der Waals surface area contributed by atoms with Gasteiger partial charge in [-0.15, -0.1) is 5.10 Å². The molecule has 1 aliphatic heterocycles. The number of carbonyl (C=O) groups excluding carboxylic acids is 1. The topological polar surface area (TPSA) is 114 Å². The summed E-state index contributed by atoms with van der Waals surface area (Å²) in [7, 11) is 0. The number of para-hydroxylation sites is 1. The number of hydrogen-bond acceptors (Lipinski definition) is 7. The van der Waals surface area contributed by atoms with E-state index in [2.05, 4.69) is 10.1 Å². The van der Waals surface area contributed by atoms with Gasteiger partial charge < -0.3 is 9.84 Å². The largest absolute Gasteiger partial charge is 0.494 e. The molecule has 1 N–H and O–H groups in total. The second-order valence-electron chi connectivity index (χ2n) is 7.42. The van der Waals surface area contributed by atoms with Crippen LogP contribution in [-0.2, 0) is 9.59 Å². The number of fused-ring (bicyclic) bond motifs is 2. The molecule has 1 aliphatic rings. The van der Waals surface area contributed by atoms with E-state index in [4.69, 9.17) is 4.74 Å². The second kappa shape index (κ2) is 8.14. The molecule has 0 spiro atoms. The highest BCUT2D eigenvalue weighted by Gasteiger charge is 2.35. The highest BCUT2D eigenvalue weighted by Crippen LogP contribution is 2.35. The summed E-state index contributed by atoms with van der Waals surface area (Å²) >= 11 is 1.06. The van der Waals surface area contributed by atoms with E-state index in [9.17, 15) is 19.5 Å². The molecule has 0 saturated heterocycles. The van der Waals surface area contributed by atoms with Crippen molar-refractivity contribution in [2.45, 2.75) is 13.3 Å². The van der Waals surface area contributed by atoms with Gasteiger partial charge in [0.2, 0.25) is 4.96 Å². The highest BCUT2D eigenvalue weighted by molar-refractivity contribution is 7.15. The molecule has 2 aromatic carbocycles. The molecule has 10 heteroatoms. The van der Waals surface area contributed by atoms with Crippen LogP contribution in [-0.4, -0.2) is 44.7 Å². The number of anilines is 1. The van der Waals surface area contributed by atoms with Gasteiger partial charge in [-0.1, -0.05) is 36.5 Å². The third-order valence-corrected chi connectivity index (χ3v) is 6.22. The maximum absolute atomic E-state index is 13.2. The van der Waals surface area contributed by atoms with Crippen LogP contribution >= 0.6 is 11.3 Å². The van der Waals surface area contributed by atoms with Gasteiger partial charge in [0.1, 0.15) is 16.8 Å². The Hall–Kier alpha value is -4.05. The minimum Gasteiger partial charge on any atom is -0.494 e. The van der Waals surface area contributed by atoms with Gasteiger partial charge >= 0.3 is 5.97 Å². The molecule has 0 aliphatic carbocycles. The van der Waals surface area contributed by atoms with Crippen LogP contribution < -0.4 is 19.7 Å². The van der Waals surface area contributed by atoms with Crippen molar-refractivity contribution in [3.05, 3.63) is 69.0 Å². The predicted molar refractivity (Wildman–Crippen MR) is 123 cm³/mol. The van der Waals surface area contributed by atoms with Crippen molar-refractivity contribution >= 4 is 39.4 Å². The summed E-state index contributed by atoms with van der Waals surface area (Å²) in [5, 5.41) is 13.6. The molecular formula is C23H18N4O5S. The normalized spacial score (nSPS) is 14.7. The van der Waals surface area contributed by atoms with E-state index in [-0.39, 0.29) is 10.1 Å². The fourth-order valence-electron chi connectivity index (χ4n) is 3.72. The highest BCUT2D eigenvalue weighted by atomic mass is 32.1. The van der Waals surface area contributed by atoms with Crippen molar-refractivity contribution in [2.75, 3.05) is 18.1 Å². The SMILES string of the molecule is CCCOc1ccc(-c2nc3s/c(=C4/C(=O)N(CC(=O)O)c5ccccc54)c(=O)n3n2)cc1. The summed E-state index contributed by atoms with van der Waals surface area (Å²) in [6.45, 7) is 2.17. The van der Waals surface area contributed by atoms with Crippen LogP contribution in [0.1, 0.15) is 18.9 Å². The van der Waals surface area contributed by atoms with Crippen LogP contribution in [0, 0.1) is 0 Å². The Bertz CT molecular complexity index is 1510. The molecule has 33 heavy (non-hydrogen) atoms. The Kier molecular flexibility index (Phi) is 5.14. The first-order valence-electron chi connectivity index (χ1n) is 10.3. The summed E-state index contributed by atoms with van der Waals surface area (Å²) in [6, 6.07) is 14.1. The minimum absolute atomic E-state index is 0.174. The van der Waals surface area contributed by atoms with E-state index in [0.717, 1.165) is 34.0 Å². The Morgan fingerprint density at radius 3 is 2.58 bits per heavy atom. The number of thiazole rings is 1. The number of carboxylic acids is 1. The molecule has 3 heterocycles. The summed E-state index contributed by atoms with van der Waals surface area (Å²) in [4.78, 5) is 43.5. The monoisotopic (exact) mass is 462 g/mol. The quantitative estimate of drug-likeness (QED) is 0.466. The molecule has 2 aromatic heterocycles. The molecule has 9 nitrogen and oxygen atoms in total. The van der Waals surface area contributed by atoms with Gasteiger partial charge in [-0.05, 0) is 36.8 Å². The van der Waals surface area contributed by atoms with E-state index >= 15 is 0 Å². The average Bonchev–Trinajstić information content (AvgIpc) is 3.44. The van der Waals surface area contributed by atoms with Crippen molar-refractivity contribution < 1.29 is 19.4 Å². The summed E-state index contributed by atoms with van der Waals surface area (Å²) in [5.74, 6) is -0.528. The number of rotatable bonds is 6. The number of aliphatic carboxylic acids is 1. The Balaban J connectivity index is 1.59. The van der Waals surface area contributed by atoms with E-state index in [0.29, 0.717) is 28.6 Å². The fraction of sp³-hybridized carbons (Fsp3) is 0.174. The lowest BCUT2D eigenvalue weighted by Gasteiger charge is -2.13. The first kappa shape index (κ1) is 20.8. The van der Waals surface area contributed by atoms with Crippen molar-refractivity contribution in [3.63, 3.8) is 0 Å². The molecule has 0 bridgehead atoms. The van der Waals surface area contributed by atoms with Crippen LogP contribution in [0.2, 0.25) is 0 Å². The standard InChI is InChI=1S/C23H18N4O5S/c1-2-11-32-14-9-7-13(8-10-14)20-24-23-27(25-20)22(31)19(33-23)18-15-5-3-4-6-16(15)26(21(18)30)12-17(28)29/h3-10H,2,11-12H2,1H3,(H,28,29)/b19-18+. The Morgan fingerprint density at radius 1 is 1.12 bits per heavy atom. The molecule has 0 saturated carbocycles. The molecule has 0 unspecified atom stereocenters. The van der Waals surface area contributed by atoms with E-state index in [1.165, 1.54) is 4.52 Å². The van der Waals surface area contributed by atoms with E-state index in [1.807, 2.05) is 31.2 Å². The molecule has 5 rings (SSSR count). The molecule has 166 valence electrons. The van der Waals surface area contributed by atoms with Gasteiger partial charge in [0.15, 0.2) is 5.82 Å². The predicted octanol–water partition coefficient (Wildman–Crippen LogP) is 1.96. The van der Waals surface area contributed by atoms with E-state index < -0.39 is 24.0 Å². The van der Waals surface area contributed by atoms with Crippen LogP contribution in [0.4, 0.5) is 5.69 Å². The van der Waals surface area contributed by atoms with Crippen molar-refractivity contribution in [1.82, 2.24) is 14.6 Å². The number of hydrogen-bond donors (Lipinski definition) is 1.